The van der Waals surface area contributed by atoms with Crippen LogP contribution in [-0.4, -0.2) is 34.7 Å². The minimum absolute atomic E-state index is 0.00112. The van der Waals surface area contributed by atoms with Crippen LogP contribution in [0.2, 0.25) is 0 Å². The van der Waals surface area contributed by atoms with E-state index in [0.29, 0.717) is 0 Å². The van der Waals surface area contributed by atoms with Gasteiger partial charge in [-0.25, -0.2) is 21.8 Å². The van der Waals surface area contributed by atoms with Crippen molar-refractivity contribution in [3.8, 4) is 5.75 Å². The quantitative estimate of drug-likeness (QED) is 0.683. The molecule has 7 nitrogen and oxygen atoms in total. The molecule has 0 unspecified atom stereocenters. The number of fused-ring (bicyclic) bond motifs is 1. The smallest absolute Gasteiger partial charge is 0.510 e. The number of nitrogens with zero attached hydrogens (tertiary/aromatic N) is 2. The van der Waals surface area contributed by atoms with Crippen LogP contribution in [0.15, 0.2) is 47.6 Å². The van der Waals surface area contributed by atoms with Gasteiger partial charge in [0, 0.05) is 0 Å². The second-order valence-electron chi connectivity index (χ2n) is 5.08. The van der Waals surface area contributed by atoms with E-state index in [1.807, 2.05) is 6.92 Å². The van der Waals surface area contributed by atoms with Gasteiger partial charge in [-0.2, -0.15) is 0 Å². The van der Waals surface area contributed by atoms with Gasteiger partial charge in [0.15, 0.2) is 5.65 Å². The highest BCUT2D eigenvalue weighted by Gasteiger charge is 2.25. The van der Waals surface area contributed by atoms with E-state index >= 15 is 0 Å². The Morgan fingerprint density at radius 2 is 1.92 bits per heavy atom. The maximum Gasteiger partial charge on any atom is 0.707 e. The summed E-state index contributed by atoms with van der Waals surface area (Å²) >= 11 is 0. The average Bonchev–Trinajstić information content (AvgIpc) is 2.86. The molecule has 0 radical (unpaired) electrons. The molecular formula is C14H12BFN2O5S. The van der Waals surface area contributed by atoms with Crippen LogP contribution in [0.25, 0.3) is 11.0 Å². The zero-order valence-corrected chi connectivity index (χ0v) is 13.2. The Labute approximate surface area is 137 Å². The summed E-state index contributed by atoms with van der Waals surface area (Å²) in [4.78, 5) is 3.79. The molecule has 3 aromatic rings. The fraction of sp³-hybridized carbons (Fsp3) is 0.0714. The minimum atomic E-state index is -4.02. The largest absolute Gasteiger partial charge is 0.707 e. The molecule has 0 aliphatic carbocycles. The Morgan fingerprint density at radius 1 is 1.25 bits per heavy atom. The summed E-state index contributed by atoms with van der Waals surface area (Å²) < 4.78 is 44.6. The van der Waals surface area contributed by atoms with Gasteiger partial charge < -0.3 is 14.7 Å². The molecule has 10 heteroatoms. The molecule has 1 aromatic carbocycles. The number of pyridine rings is 1. The summed E-state index contributed by atoms with van der Waals surface area (Å²) in [7, 11) is -6.21. The number of aromatic nitrogens is 2. The average molecular weight is 350 g/mol. The van der Waals surface area contributed by atoms with Crippen molar-refractivity contribution in [2.45, 2.75) is 11.8 Å². The van der Waals surface area contributed by atoms with E-state index in [2.05, 4.69) is 4.98 Å². The number of benzene rings is 1. The first-order valence-corrected chi connectivity index (χ1v) is 8.24. The van der Waals surface area contributed by atoms with Crippen molar-refractivity contribution in [2.75, 3.05) is 0 Å². The molecule has 0 saturated carbocycles. The van der Waals surface area contributed by atoms with Gasteiger partial charge >= 0.3 is 7.32 Å². The third kappa shape index (κ3) is 2.86. The molecule has 24 heavy (non-hydrogen) atoms. The molecule has 2 N–H and O–H groups in total. The van der Waals surface area contributed by atoms with Gasteiger partial charge in [0.2, 0.25) is 0 Å². The summed E-state index contributed by atoms with van der Waals surface area (Å²) in [6.07, 6.45) is 1.88. The SMILES string of the molecule is Cc1ccc(S(=O)(=O)n2cc(OB(O)O)c3cc(F)cnc32)cc1. The molecule has 0 fully saturated rings. The zero-order valence-electron chi connectivity index (χ0n) is 12.4. The normalized spacial score (nSPS) is 11.7. The Kier molecular flexibility index (Phi) is 4.04. The summed E-state index contributed by atoms with van der Waals surface area (Å²) in [5.41, 5.74) is 0.798. The lowest BCUT2D eigenvalue weighted by atomic mass is 10.2. The molecule has 124 valence electrons. The molecule has 0 amide bonds. The number of aryl methyl sites for hydroxylation is 1. The van der Waals surface area contributed by atoms with Crippen LogP contribution in [-0.2, 0) is 10.0 Å². The Balaban J connectivity index is 2.24. The van der Waals surface area contributed by atoms with Crippen molar-refractivity contribution in [3.05, 3.63) is 54.1 Å². The van der Waals surface area contributed by atoms with Crippen molar-refractivity contribution in [2.24, 2.45) is 0 Å². The lowest BCUT2D eigenvalue weighted by Crippen LogP contribution is -2.20. The van der Waals surface area contributed by atoms with Gasteiger partial charge in [0.1, 0.15) is 11.6 Å². The molecule has 2 aromatic heterocycles. The van der Waals surface area contributed by atoms with Gasteiger partial charge in [0.25, 0.3) is 10.0 Å². The van der Waals surface area contributed by atoms with Crippen LogP contribution in [0, 0.1) is 12.7 Å². The molecule has 3 rings (SSSR count). The number of rotatable bonds is 4. The lowest BCUT2D eigenvalue weighted by molar-refractivity contribution is 0.289. The lowest BCUT2D eigenvalue weighted by Gasteiger charge is -2.07. The highest BCUT2D eigenvalue weighted by molar-refractivity contribution is 7.90. The van der Waals surface area contributed by atoms with Crippen LogP contribution < -0.4 is 4.65 Å². The number of hydrogen-bond acceptors (Lipinski definition) is 6. The topological polar surface area (TPSA) is 102 Å². The first-order valence-electron chi connectivity index (χ1n) is 6.80. The molecule has 0 bridgehead atoms. The predicted molar refractivity (Wildman–Crippen MR) is 84.3 cm³/mol. The Hall–Kier alpha value is -2.43. The molecule has 0 spiro atoms. The predicted octanol–water partition coefficient (Wildman–Crippen LogP) is 1.07. The van der Waals surface area contributed by atoms with E-state index in [1.165, 1.54) is 12.1 Å². The Bertz CT molecular complexity index is 1000. The van der Waals surface area contributed by atoms with Crippen molar-refractivity contribution in [1.82, 2.24) is 8.96 Å². The van der Waals surface area contributed by atoms with E-state index in [1.54, 1.807) is 12.1 Å². The van der Waals surface area contributed by atoms with E-state index in [0.717, 1.165) is 28.0 Å². The monoisotopic (exact) mass is 350 g/mol. The van der Waals surface area contributed by atoms with Gasteiger partial charge in [-0.3, -0.25) is 0 Å². The zero-order chi connectivity index (χ0) is 17.5. The fourth-order valence-electron chi connectivity index (χ4n) is 2.24. The van der Waals surface area contributed by atoms with E-state index in [4.69, 9.17) is 14.7 Å². The molecule has 0 atom stereocenters. The van der Waals surface area contributed by atoms with E-state index in [-0.39, 0.29) is 21.7 Å². The highest BCUT2D eigenvalue weighted by Crippen LogP contribution is 2.30. The van der Waals surface area contributed by atoms with Crippen LogP contribution in [0.5, 0.6) is 5.75 Å². The fourth-order valence-corrected chi connectivity index (χ4v) is 3.56. The summed E-state index contributed by atoms with van der Waals surface area (Å²) in [6.45, 7) is 1.82. The second-order valence-corrected chi connectivity index (χ2v) is 6.89. The highest BCUT2D eigenvalue weighted by atomic mass is 32.2. The molecule has 0 aliphatic rings. The molecule has 0 saturated heterocycles. The van der Waals surface area contributed by atoms with Crippen molar-refractivity contribution >= 4 is 28.4 Å². The van der Waals surface area contributed by atoms with Gasteiger partial charge in [-0.05, 0) is 25.1 Å². The van der Waals surface area contributed by atoms with Crippen LogP contribution in [0.1, 0.15) is 5.56 Å². The van der Waals surface area contributed by atoms with Crippen molar-refractivity contribution < 1.29 is 27.5 Å². The van der Waals surface area contributed by atoms with Gasteiger partial charge in [0.05, 0.1) is 22.7 Å². The molecule has 2 heterocycles. The van der Waals surface area contributed by atoms with Crippen molar-refractivity contribution in [1.29, 1.82) is 0 Å². The third-order valence-corrected chi connectivity index (χ3v) is 5.02. The van der Waals surface area contributed by atoms with E-state index in [9.17, 15) is 12.8 Å². The van der Waals surface area contributed by atoms with Crippen LogP contribution >= 0.6 is 0 Å². The maximum absolute atomic E-state index is 13.4. The van der Waals surface area contributed by atoms with E-state index < -0.39 is 23.2 Å². The van der Waals surface area contributed by atoms with Crippen molar-refractivity contribution in [3.63, 3.8) is 0 Å². The summed E-state index contributed by atoms with van der Waals surface area (Å²) in [6, 6.07) is 7.14. The van der Waals surface area contributed by atoms with Gasteiger partial charge in [-0.15, -0.1) is 0 Å². The molecule has 0 aliphatic heterocycles. The number of hydrogen-bond donors (Lipinski definition) is 2. The van der Waals surface area contributed by atoms with Crippen LogP contribution in [0.4, 0.5) is 4.39 Å². The summed E-state index contributed by atoms with van der Waals surface area (Å²) in [5, 5.41) is 17.9. The second kappa shape index (κ2) is 5.89. The first-order chi connectivity index (χ1) is 11.3. The Morgan fingerprint density at radius 3 is 2.54 bits per heavy atom. The number of halogens is 1. The standard InChI is InChI=1S/C14H12BFN2O5S/c1-9-2-4-11(5-3-9)24(21,22)18-8-13(23-15(19)20)12-6-10(16)7-17-14(12)18/h2-8,19-20H,1H3. The molecular weight excluding hydrogens is 338 g/mol. The van der Waals surface area contributed by atoms with Gasteiger partial charge in [-0.1, -0.05) is 17.7 Å². The van der Waals surface area contributed by atoms with Crippen LogP contribution in [0.3, 0.4) is 0 Å². The third-order valence-electron chi connectivity index (χ3n) is 3.35. The maximum atomic E-state index is 13.4. The minimum Gasteiger partial charge on any atom is -0.510 e. The summed E-state index contributed by atoms with van der Waals surface area (Å²) in [5.74, 6) is -0.937. The first kappa shape index (κ1) is 16.4.